The number of aryl methyl sites for hydroxylation is 1. The minimum absolute atomic E-state index is 0.120. The fourth-order valence-corrected chi connectivity index (χ4v) is 4.67. The van der Waals surface area contributed by atoms with Crippen molar-refractivity contribution in [1.29, 1.82) is 0 Å². The topological polar surface area (TPSA) is 83.5 Å². The van der Waals surface area contributed by atoms with Crippen LogP contribution in [0.2, 0.25) is 0 Å². The molecule has 5 nitrogen and oxygen atoms in total. The third-order valence-corrected chi connectivity index (χ3v) is 6.31. The Kier molecular flexibility index (Phi) is 4.60. The zero-order valence-electron chi connectivity index (χ0n) is 11.3. The maximum atomic E-state index is 12.3. The van der Waals surface area contributed by atoms with Gasteiger partial charge in [0.05, 0.1) is 11.3 Å². The number of hydrogen-bond acceptors (Lipinski definition) is 5. The molecule has 0 unspecified atom stereocenters. The molecule has 0 radical (unpaired) electrons. The number of carboxylic acids is 1. The molecule has 0 saturated heterocycles. The van der Waals surface area contributed by atoms with E-state index in [2.05, 4.69) is 4.72 Å². The highest BCUT2D eigenvalue weighted by molar-refractivity contribution is 7.99. The Bertz CT molecular complexity index is 780. The summed E-state index contributed by atoms with van der Waals surface area (Å²) in [5, 5.41) is 8.96. The van der Waals surface area contributed by atoms with E-state index in [0.29, 0.717) is 10.6 Å². The highest BCUT2D eigenvalue weighted by Crippen LogP contribution is 2.30. The van der Waals surface area contributed by atoms with E-state index in [4.69, 9.17) is 5.11 Å². The number of carboxylic acid groups (broad SMARTS) is 1. The van der Waals surface area contributed by atoms with E-state index in [1.807, 2.05) is 6.92 Å². The number of benzene rings is 1. The quantitative estimate of drug-likeness (QED) is 0.814. The molecular weight excluding hydrogens is 330 g/mol. The largest absolute Gasteiger partial charge is 0.478 e. The molecule has 1 aromatic carbocycles. The number of thiophene rings is 1. The van der Waals surface area contributed by atoms with Gasteiger partial charge in [-0.2, -0.15) is 0 Å². The van der Waals surface area contributed by atoms with Crippen LogP contribution in [0.3, 0.4) is 0 Å². The van der Waals surface area contributed by atoms with Crippen molar-refractivity contribution in [3.05, 3.63) is 40.8 Å². The lowest BCUT2D eigenvalue weighted by Crippen LogP contribution is -2.12. The Balaban J connectivity index is 2.37. The van der Waals surface area contributed by atoms with Gasteiger partial charge < -0.3 is 5.11 Å². The predicted octanol–water partition coefficient (Wildman–Crippen LogP) is 3.28. The van der Waals surface area contributed by atoms with Crippen LogP contribution in [0, 0.1) is 6.92 Å². The molecule has 1 heterocycles. The highest BCUT2D eigenvalue weighted by atomic mass is 32.2. The van der Waals surface area contributed by atoms with Crippen molar-refractivity contribution >= 4 is 44.8 Å². The molecule has 2 rings (SSSR count). The summed E-state index contributed by atoms with van der Waals surface area (Å²) in [5.74, 6) is -1.05. The number of thioether (sulfide) groups is 1. The predicted molar refractivity (Wildman–Crippen MR) is 85.0 cm³/mol. The first kappa shape index (κ1) is 15.9. The maximum Gasteiger partial charge on any atom is 0.335 e. The van der Waals surface area contributed by atoms with Crippen molar-refractivity contribution in [2.24, 2.45) is 0 Å². The van der Waals surface area contributed by atoms with Crippen molar-refractivity contribution in [3.63, 3.8) is 0 Å². The molecular formula is C13H13NO4S3. The monoisotopic (exact) mass is 343 g/mol. The number of anilines is 1. The lowest BCUT2D eigenvalue weighted by molar-refractivity contribution is 0.0696. The summed E-state index contributed by atoms with van der Waals surface area (Å²) < 4.78 is 27.3. The summed E-state index contributed by atoms with van der Waals surface area (Å²) >= 11 is 2.47. The number of nitrogens with one attached hydrogen (secondary N) is 1. The van der Waals surface area contributed by atoms with Crippen molar-refractivity contribution in [2.45, 2.75) is 16.0 Å². The first-order valence-corrected chi connectivity index (χ1v) is 9.36. The molecule has 2 aromatic rings. The molecule has 0 saturated carbocycles. The lowest BCUT2D eigenvalue weighted by atomic mass is 10.2. The molecule has 0 amide bonds. The first-order valence-electron chi connectivity index (χ1n) is 5.84. The summed E-state index contributed by atoms with van der Waals surface area (Å²) in [6.07, 6.45) is 1.76. The fourth-order valence-electron chi connectivity index (χ4n) is 1.66. The molecule has 0 bridgehead atoms. The smallest absolute Gasteiger partial charge is 0.335 e. The number of aromatic carboxylic acids is 1. The summed E-state index contributed by atoms with van der Waals surface area (Å²) in [5.41, 5.74) is 0.493. The van der Waals surface area contributed by atoms with Crippen molar-refractivity contribution in [3.8, 4) is 0 Å². The lowest BCUT2D eigenvalue weighted by Gasteiger charge is -2.11. The van der Waals surface area contributed by atoms with Crippen LogP contribution in [0.4, 0.5) is 5.69 Å². The summed E-state index contributed by atoms with van der Waals surface area (Å²) in [4.78, 5) is 12.4. The number of rotatable bonds is 5. The summed E-state index contributed by atoms with van der Waals surface area (Å²) in [6.45, 7) is 1.83. The number of carbonyl (C=O) groups is 1. The van der Waals surface area contributed by atoms with Crippen molar-refractivity contribution in [1.82, 2.24) is 0 Å². The van der Waals surface area contributed by atoms with Crippen LogP contribution in [-0.4, -0.2) is 25.7 Å². The molecule has 1 aromatic heterocycles. The third kappa shape index (κ3) is 3.58. The van der Waals surface area contributed by atoms with E-state index in [-0.39, 0.29) is 9.77 Å². The Morgan fingerprint density at radius 1 is 1.29 bits per heavy atom. The van der Waals surface area contributed by atoms with Crippen molar-refractivity contribution in [2.75, 3.05) is 11.0 Å². The molecule has 0 spiro atoms. The van der Waals surface area contributed by atoms with Crippen LogP contribution >= 0.6 is 23.1 Å². The van der Waals surface area contributed by atoms with Crippen LogP contribution in [-0.2, 0) is 10.0 Å². The zero-order valence-corrected chi connectivity index (χ0v) is 13.7. The summed E-state index contributed by atoms with van der Waals surface area (Å²) in [7, 11) is -3.65. The van der Waals surface area contributed by atoms with Gasteiger partial charge in [0.2, 0.25) is 0 Å². The van der Waals surface area contributed by atoms with Crippen LogP contribution in [0.15, 0.2) is 39.4 Å². The van der Waals surface area contributed by atoms with E-state index < -0.39 is 16.0 Å². The van der Waals surface area contributed by atoms with Crippen LogP contribution in [0.1, 0.15) is 15.2 Å². The Hall–Kier alpha value is -1.51. The first-order chi connectivity index (χ1) is 9.83. The zero-order chi connectivity index (χ0) is 15.6. The van der Waals surface area contributed by atoms with Gasteiger partial charge in [0.15, 0.2) is 0 Å². The Labute approximate surface area is 131 Å². The molecule has 0 atom stereocenters. The summed E-state index contributed by atoms with van der Waals surface area (Å²) in [6, 6.07) is 7.58. The molecule has 21 heavy (non-hydrogen) atoms. The fraction of sp³-hybridized carbons (Fsp3) is 0.154. The molecule has 0 aliphatic rings. The van der Waals surface area contributed by atoms with E-state index in [0.717, 1.165) is 4.88 Å². The van der Waals surface area contributed by atoms with Gasteiger partial charge in [0.25, 0.3) is 10.0 Å². The average molecular weight is 343 g/mol. The molecule has 112 valence electrons. The average Bonchev–Trinajstić information content (AvgIpc) is 2.86. The van der Waals surface area contributed by atoms with Crippen LogP contribution in [0.25, 0.3) is 0 Å². The van der Waals surface area contributed by atoms with Gasteiger partial charge in [0, 0.05) is 9.77 Å². The second-order valence-corrected chi connectivity index (χ2v) is 8.24. The molecule has 0 aliphatic carbocycles. The minimum atomic E-state index is -3.65. The van der Waals surface area contributed by atoms with Gasteiger partial charge >= 0.3 is 5.97 Å². The van der Waals surface area contributed by atoms with Crippen LogP contribution < -0.4 is 4.72 Å². The number of hydrogen-bond donors (Lipinski definition) is 2. The van der Waals surface area contributed by atoms with Gasteiger partial charge in [-0.3, -0.25) is 4.72 Å². The molecule has 0 fully saturated rings. The second-order valence-electron chi connectivity index (χ2n) is 4.19. The van der Waals surface area contributed by atoms with Gasteiger partial charge in [-0.25, -0.2) is 13.2 Å². The molecule has 8 heteroatoms. The van der Waals surface area contributed by atoms with E-state index in [1.165, 1.54) is 41.3 Å². The van der Waals surface area contributed by atoms with Gasteiger partial charge in [-0.1, -0.05) is 0 Å². The van der Waals surface area contributed by atoms with Gasteiger partial charge in [0.1, 0.15) is 4.21 Å². The maximum absolute atomic E-state index is 12.3. The van der Waals surface area contributed by atoms with Crippen molar-refractivity contribution < 1.29 is 18.3 Å². The standard InChI is InChI=1S/C13H13NO4S3/c1-8-3-6-12(20-8)21(17,18)14-10-5-4-9(13(15)16)7-11(10)19-2/h3-7,14H,1-2H3,(H,15,16). The van der Waals surface area contributed by atoms with E-state index in [9.17, 15) is 13.2 Å². The number of sulfonamides is 1. The molecule has 0 aliphatic heterocycles. The normalized spacial score (nSPS) is 11.3. The SMILES string of the molecule is CSc1cc(C(=O)O)ccc1NS(=O)(=O)c1ccc(C)s1. The van der Waals surface area contributed by atoms with E-state index in [1.54, 1.807) is 18.4 Å². The minimum Gasteiger partial charge on any atom is -0.478 e. The van der Waals surface area contributed by atoms with Gasteiger partial charge in [-0.15, -0.1) is 23.1 Å². The Morgan fingerprint density at radius 2 is 2.00 bits per heavy atom. The second kappa shape index (κ2) is 6.08. The van der Waals surface area contributed by atoms with Gasteiger partial charge in [-0.05, 0) is 43.5 Å². The van der Waals surface area contributed by atoms with E-state index >= 15 is 0 Å². The Morgan fingerprint density at radius 3 is 2.52 bits per heavy atom. The molecule has 2 N–H and O–H groups in total. The third-order valence-electron chi connectivity index (χ3n) is 2.67. The highest BCUT2D eigenvalue weighted by Gasteiger charge is 2.18. The van der Waals surface area contributed by atoms with Crippen LogP contribution in [0.5, 0.6) is 0 Å².